The van der Waals surface area contributed by atoms with Crippen molar-refractivity contribution in [1.82, 2.24) is 10.2 Å². The molecule has 0 radical (unpaired) electrons. The molecule has 0 saturated carbocycles. The van der Waals surface area contributed by atoms with Crippen LogP contribution in [0.5, 0.6) is 11.5 Å². The Morgan fingerprint density at radius 1 is 0.914 bits per heavy atom. The van der Waals surface area contributed by atoms with Crippen LogP contribution in [-0.2, 0) is 27.9 Å². The Morgan fingerprint density at radius 2 is 1.54 bits per heavy atom. The van der Waals surface area contributed by atoms with Crippen molar-refractivity contribution >= 4 is 21.6 Å². The van der Waals surface area contributed by atoms with Crippen LogP contribution in [0.15, 0.2) is 78.9 Å². The second-order valence-electron chi connectivity index (χ2n) is 8.73. The van der Waals surface area contributed by atoms with Gasteiger partial charge in [0, 0.05) is 13.1 Å². The number of benzene rings is 3. The van der Waals surface area contributed by atoms with Crippen LogP contribution in [0.4, 0.5) is 5.69 Å². The lowest BCUT2D eigenvalue weighted by Crippen LogP contribution is -2.40. The van der Waals surface area contributed by atoms with Crippen molar-refractivity contribution in [3.63, 3.8) is 0 Å². The van der Waals surface area contributed by atoms with Crippen LogP contribution in [-0.4, -0.2) is 45.1 Å². The quantitative estimate of drug-likeness (QED) is 0.459. The second-order valence-corrected chi connectivity index (χ2v) is 10.6. The molecule has 0 atom stereocenters. The molecule has 35 heavy (non-hydrogen) atoms. The molecule has 1 aliphatic rings. The van der Waals surface area contributed by atoms with Gasteiger partial charge in [0.2, 0.25) is 15.9 Å². The minimum Gasteiger partial charge on any atom is -0.455 e. The first-order valence-corrected chi connectivity index (χ1v) is 13.6. The number of rotatable bonds is 10. The highest BCUT2D eigenvalue weighted by Crippen LogP contribution is 2.33. The van der Waals surface area contributed by atoms with Gasteiger partial charge in [-0.1, -0.05) is 54.6 Å². The van der Waals surface area contributed by atoms with E-state index in [-0.39, 0.29) is 6.54 Å². The molecule has 0 spiro atoms. The zero-order valence-electron chi connectivity index (χ0n) is 19.9. The summed E-state index contributed by atoms with van der Waals surface area (Å²) in [5.74, 6) is 0.530. The number of nitrogens with one attached hydrogen (secondary N) is 1. The monoisotopic (exact) mass is 493 g/mol. The first-order valence-electron chi connectivity index (χ1n) is 11.7. The molecule has 1 N–H and O–H groups in total. The van der Waals surface area contributed by atoms with Crippen molar-refractivity contribution < 1.29 is 17.9 Å². The van der Waals surface area contributed by atoms with Gasteiger partial charge in [-0.05, 0) is 61.3 Å². The highest BCUT2D eigenvalue weighted by molar-refractivity contribution is 7.92. The Labute approximate surface area is 207 Å². The maximum Gasteiger partial charge on any atom is 0.241 e. The van der Waals surface area contributed by atoms with E-state index in [0.717, 1.165) is 35.8 Å². The summed E-state index contributed by atoms with van der Waals surface area (Å²) in [7, 11) is -3.74. The fourth-order valence-electron chi connectivity index (χ4n) is 4.09. The lowest BCUT2D eigenvalue weighted by atomic mass is 10.1. The van der Waals surface area contributed by atoms with Crippen molar-refractivity contribution in [3.05, 3.63) is 90.0 Å². The molecule has 7 nitrogen and oxygen atoms in total. The number of para-hydroxylation sites is 3. The van der Waals surface area contributed by atoms with E-state index in [9.17, 15) is 13.2 Å². The molecule has 0 bridgehead atoms. The molecule has 0 aliphatic carbocycles. The number of carbonyl (C=O) groups excluding carboxylic acids is 1. The summed E-state index contributed by atoms with van der Waals surface area (Å²) in [6.07, 6.45) is 3.60. The van der Waals surface area contributed by atoms with Gasteiger partial charge in [-0.3, -0.25) is 14.0 Å². The molecular formula is C27H31N3O4S. The minimum atomic E-state index is -3.74. The van der Waals surface area contributed by atoms with Gasteiger partial charge in [0.1, 0.15) is 12.3 Å². The van der Waals surface area contributed by atoms with Crippen LogP contribution < -0.4 is 14.4 Å². The lowest BCUT2D eigenvalue weighted by molar-refractivity contribution is -0.119. The van der Waals surface area contributed by atoms with Gasteiger partial charge in [0.15, 0.2) is 5.75 Å². The predicted molar refractivity (Wildman–Crippen MR) is 138 cm³/mol. The first kappa shape index (κ1) is 24.8. The zero-order chi connectivity index (χ0) is 24.7. The predicted octanol–water partition coefficient (Wildman–Crippen LogP) is 4.16. The summed E-state index contributed by atoms with van der Waals surface area (Å²) in [5.41, 5.74) is 2.52. The third kappa shape index (κ3) is 7.07. The molecule has 4 rings (SSSR count). The SMILES string of the molecule is CS(=O)(=O)N(CC(=O)NCc1ccc(CN2CCCC2)cc1)c1ccccc1Oc1ccccc1. The summed E-state index contributed by atoms with van der Waals surface area (Å²) in [6.45, 7) is 3.21. The largest absolute Gasteiger partial charge is 0.455 e. The maximum atomic E-state index is 12.7. The van der Waals surface area contributed by atoms with Crippen LogP contribution in [0.1, 0.15) is 24.0 Å². The number of ether oxygens (including phenoxy) is 1. The van der Waals surface area contributed by atoms with E-state index in [1.54, 1.807) is 36.4 Å². The number of anilines is 1. The average molecular weight is 494 g/mol. The summed E-state index contributed by atoms with van der Waals surface area (Å²) in [4.78, 5) is 15.2. The third-order valence-electron chi connectivity index (χ3n) is 5.91. The minimum absolute atomic E-state index is 0.306. The Balaban J connectivity index is 1.40. The van der Waals surface area contributed by atoms with E-state index in [1.807, 2.05) is 30.3 Å². The number of hydrogen-bond acceptors (Lipinski definition) is 5. The Morgan fingerprint density at radius 3 is 2.23 bits per heavy atom. The highest BCUT2D eigenvalue weighted by atomic mass is 32.2. The van der Waals surface area contributed by atoms with Gasteiger partial charge in [-0.25, -0.2) is 8.42 Å². The molecule has 1 fully saturated rings. The third-order valence-corrected chi connectivity index (χ3v) is 7.04. The fourth-order valence-corrected chi connectivity index (χ4v) is 4.95. The molecule has 0 unspecified atom stereocenters. The first-order chi connectivity index (χ1) is 16.9. The van der Waals surface area contributed by atoms with Gasteiger partial charge in [-0.15, -0.1) is 0 Å². The van der Waals surface area contributed by atoms with Gasteiger partial charge in [-0.2, -0.15) is 0 Å². The van der Waals surface area contributed by atoms with Gasteiger partial charge in [0.05, 0.1) is 11.9 Å². The summed E-state index contributed by atoms with van der Waals surface area (Å²) >= 11 is 0. The van der Waals surface area contributed by atoms with Crippen LogP contribution in [0.3, 0.4) is 0 Å². The van der Waals surface area contributed by atoms with Crippen molar-refractivity contribution in [2.24, 2.45) is 0 Å². The molecule has 1 aliphatic heterocycles. The van der Waals surface area contributed by atoms with Gasteiger partial charge >= 0.3 is 0 Å². The average Bonchev–Trinajstić information content (AvgIpc) is 3.36. The zero-order valence-corrected chi connectivity index (χ0v) is 20.7. The van der Waals surface area contributed by atoms with E-state index < -0.39 is 15.9 Å². The summed E-state index contributed by atoms with van der Waals surface area (Å²) in [5, 5.41) is 2.84. The van der Waals surface area contributed by atoms with Crippen molar-refractivity contribution in [3.8, 4) is 11.5 Å². The number of nitrogens with zero attached hydrogens (tertiary/aromatic N) is 2. The van der Waals surface area contributed by atoms with Crippen LogP contribution >= 0.6 is 0 Å². The Hall–Kier alpha value is -3.36. The number of sulfonamides is 1. The lowest BCUT2D eigenvalue weighted by Gasteiger charge is -2.24. The number of amides is 1. The van der Waals surface area contributed by atoms with E-state index >= 15 is 0 Å². The molecule has 0 aromatic heterocycles. The van der Waals surface area contributed by atoms with Crippen LogP contribution in [0, 0.1) is 0 Å². The number of likely N-dealkylation sites (tertiary alicyclic amines) is 1. The van der Waals surface area contributed by atoms with Crippen LogP contribution in [0.2, 0.25) is 0 Å². The second kappa shape index (κ2) is 11.4. The van der Waals surface area contributed by atoms with Crippen molar-refractivity contribution in [2.75, 3.05) is 30.2 Å². The molecule has 1 heterocycles. The smallest absolute Gasteiger partial charge is 0.241 e. The van der Waals surface area contributed by atoms with E-state index in [0.29, 0.717) is 23.7 Å². The Kier molecular flexibility index (Phi) is 8.05. The molecule has 1 saturated heterocycles. The number of hydrogen-bond donors (Lipinski definition) is 1. The molecule has 184 valence electrons. The van der Waals surface area contributed by atoms with Crippen molar-refractivity contribution in [1.29, 1.82) is 0 Å². The van der Waals surface area contributed by atoms with Crippen molar-refractivity contribution in [2.45, 2.75) is 25.9 Å². The molecule has 3 aromatic rings. The van der Waals surface area contributed by atoms with Gasteiger partial charge in [0.25, 0.3) is 0 Å². The standard InChI is InChI=1S/C27H31N3O4S/c1-35(32,33)30(25-11-5-6-12-26(25)34-24-9-3-2-4-10-24)21-27(31)28-19-22-13-15-23(16-14-22)20-29-17-7-8-18-29/h2-6,9-16H,7-8,17-21H2,1H3,(H,28,31). The Bertz CT molecular complexity index is 1220. The van der Waals surface area contributed by atoms with E-state index in [2.05, 4.69) is 22.3 Å². The highest BCUT2D eigenvalue weighted by Gasteiger charge is 2.24. The van der Waals surface area contributed by atoms with E-state index in [1.165, 1.54) is 18.4 Å². The molecule has 8 heteroatoms. The number of carbonyl (C=O) groups is 1. The van der Waals surface area contributed by atoms with Gasteiger partial charge < -0.3 is 10.1 Å². The normalized spacial score (nSPS) is 14.0. The van der Waals surface area contributed by atoms with Crippen LogP contribution in [0.25, 0.3) is 0 Å². The fraction of sp³-hybridized carbons (Fsp3) is 0.296. The summed E-state index contributed by atoms with van der Waals surface area (Å²) < 4.78 is 32.2. The molecular weight excluding hydrogens is 462 g/mol. The molecule has 1 amide bonds. The molecule has 3 aromatic carbocycles. The topological polar surface area (TPSA) is 79.0 Å². The summed E-state index contributed by atoms with van der Waals surface area (Å²) in [6, 6.07) is 24.1. The van der Waals surface area contributed by atoms with E-state index in [4.69, 9.17) is 4.74 Å². The maximum absolute atomic E-state index is 12.7.